The molecule has 0 aromatic heterocycles. The van der Waals surface area contributed by atoms with Crippen LogP contribution in [0.15, 0.2) is 71.4 Å². The standard InChI is InChI=1S/C15H14N4O4S/c20-19(21)13-6-8-14(9-7-13)24(22,23)17-15-10-11-16-18(15)12-4-2-1-3-5-12/h1-10,16-17H,11H2. The fraction of sp³-hybridized carbons (Fsp3) is 0.0667. The van der Waals surface area contributed by atoms with Crippen LogP contribution < -0.4 is 15.2 Å². The van der Waals surface area contributed by atoms with Crippen LogP contribution in [0.1, 0.15) is 0 Å². The minimum absolute atomic E-state index is 0.0473. The first-order valence-electron chi connectivity index (χ1n) is 7.03. The van der Waals surface area contributed by atoms with Crippen LogP contribution in [-0.2, 0) is 10.0 Å². The smallest absolute Gasteiger partial charge is 0.264 e. The fourth-order valence-electron chi connectivity index (χ4n) is 2.25. The van der Waals surface area contributed by atoms with E-state index in [4.69, 9.17) is 0 Å². The zero-order chi connectivity index (χ0) is 17.2. The molecular formula is C15H14N4O4S. The molecule has 2 aromatic rings. The van der Waals surface area contributed by atoms with Crippen molar-refractivity contribution in [1.82, 2.24) is 10.1 Å². The minimum Gasteiger partial charge on any atom is -0.264 e. The summed E-state index contributed by atoms with van der Waals surface area (Å²) in [4.78, 5) is 10.0. The van der Waals surface area contributed by atoms with Crippen molar-refractivity contribution in [3.05, 3.63) is 76.6 Å². The van der Waals surface area contributed by atoms with Gasteiger partial charge in [0.15, 0.2) is 0 Å². The van der Waals surface area contributed by atoms with Gasteiger partial charge in [0.2, 0.25) is 0 Å². The van der Waals surface area contributed by atoms with Gasteiger partial charge in [0.05, 0.1) is 15.5 Å². The summed E-state index contributed by atoms with van der Waals surface area (Å²) in [6.07, 6.45) is 1.70. The maximum absolute atomic E-state index is 12.5. The van der Waals surface area contributed by atoms with Crippen molar-refractivity contribution in [3.63, 3.8) is 0 Å². The Kier molecular flexibility index (Phi) is 4.19. The summed E-state index contributed by atoms with van der Waals surface area (Å²) in [5.74, 6) is 0.375. The molecule has 9 heteroatoms. The van der Waals surface area contributed by atoms with Crippen LogP contribution in [-0.4, -0.2) is 19.9 Å². The van der Waals surface area contributed by atoms with E-state index in [0.29, 0.717) is 12.4 Å². The number of benzene rings is 2. The van der Waals surface area contributed by atoms with Gasteiger partial charge in [-0.3, -0.25) is 19.8 Å². The van der Waals surface area contributed by atoms with Crippen LogP contribution in [0.25, 0.3) is 0 Å². The highest BCUT2D eigenvalue weighted by atomic mass is 32.2. The number of nitro groups is 1. The molecule has 1 heterocycles. The number of sulfonamides is 1. The van der Waals surface area contributed by atoms with Gasteiger partial charge in [-0.05, 0) is 30.3 Å². The van der Waals surface area contributed by atoms with Crippen molar-refractivity contribution < 1.29 is 13.3 Å². The highest BCUT2D eigenvalue weighted by Gasteiger charge is 2.23. The molecule has 1 aliphatic heterocycles. The van der Waals surface area contributed by atoms with Crippen molar-refractivity contribution in [2.75, 3.05) is 11.6 Å². The lowest BCUT2D eigenvalue weighted by Crippen LogP contribution is -2.39. The molecule has 0 spiro atoms. The van der Waals surface area contributed by atoms with Crippen molar-refractivity contribution in [1.29, 1.82) is 0 Å². The molecule has 124 valence electrons. The number of nitro benzene ring substituents is 1. The summed E-state index contributed by atoms with van der Waals surface area (Å²) < 4.78 is 27.4. The number of para-hydroxylation sites is 1. The van der Waals surface area contributed by atoms with Gasteiger partial charge < -0.3 is 0 Å². The highest BCUT2D eigenvalue weighted by Crippen LogP contribution is 2.21. The fourth-order valence-corrected chi connectivity index (χ4v) is 3.31. The first-order valence-corrected chi connectivity index (χ1v) is 8.52. The lowest BCUT2D eigenvalue weighted by atomic mass is 10.3. The lowest BCUT2D eigenvalue weighted by molar-refractivity contribution is -0.384. The molecule has 2 N–H and O–H groups in total. The Hall–Kier alpha value is -2.91. The number of hydrogen-bond acceptors (Lipinski definition) is 6. The lowest BCUT2D eigenvalue weighted by Gasteiger charge is -2.23. The molecule has 0 aliphatic carbocycles. The Morgan fingerprint density at radius 2 is 1.75 bits per heavy atom. The van der Waals surface area contributed by atoms with E-state index in [0.717, 1.165) is 17.8 Å². The molecule has 0 fully saturated rings. The molecule has 0 atom stereocenters. The zero-order valence-corrected chi connectivity index (χ0v) is 13.2. The highest BCUT2D eigenvalue weighted by molar-refractivity contribution is 7.89. The first-order chi connectivity index (χ1) is 11.5. The maximum atomic E-state index is 12.5. The van der Waals surface area contributed by atoms with Crippen LogP contribution in [0, 0.1) is 10.1 Å². The van der Waals surface area contributed by atoms with Gasteiger partial charge in [-0.1, -0.05) is 18.2 Å². The third kappa shape index (κ3) is 3.21. The van der Waals surface area contributed by atoms with Crippen LogP contribution in [0.3, 0.4) is 0 Å². The van der Waals surface area contributed by atoms with Crippen molar-refractivity contribution in [2.24, 2.45) is 0 Å². The van der Waals surface area contributed by atoms with Gasteiger partial charge in [0.1, 0.15) is 5.82 Å². The number of rotatable bonds is 5. The van der Waals surface area contributed by atoms with Crippen LogP contribution in [0.5, 0.6) is 0 Å². The minimum atomic E-state index is -3.85. The Balaban J connectivity index is 1.82. The number of hydrogen-bond donors (Lipinski definition) is 2. The van der Waals surface area contributed by atoms with E-state index >= 15 is 0 Å². The summed E-state index contributed by atoms with van der Waals surface area (Å²) in [6.45, 7) is 0.479. The predicted molar refractivity (Wildman–Crippen MR) is 88.4 cm³/mol. The van der Waals surface area contributed by atoms with E-state index < -0.39 is 14.9 Å². The second-order valence-corrected chi connectivity index (χ2v) is 6.66. The van der Waals surface area contributed by atoms with Gasteiger partial charge in [0.25, 0.3) is 15.7 Å². The number of nitrogens with one attached hydrogen (secondary N) is 2. The number of anilines is 1. The van der Waals surface area contributed by atoms with E-state index in [9.17, 15) is 18.5 Å². The van der Waals surface area contributed by atoms with Gasteiger partial charge in [-0.15, -0.1) is 0 Å². The Bertz CT molecular complexity index is 879. The summed E-state index contributed by atoms with van der Waals surface area (Å²) >= 11 is 0. The first kappa shape index (κ1) is 16.0. The van der Waals surface area contributed by atoms with Crippen LogP contribution >= 0.6 is 0 Å². The quantitative estimate of drug-likeness (QED) is 0.631. The summed E-state index contributed by atoms with van der Waals surface area (Å²) in [6, 6.07) is 14.0. The zero-order valence-electron chi connectivity index (χ0n) is 12.4. The van der Waals surface area contributed by atoms with Crippen molar-refractivity contribution in [3.8, 4) is 0 Å². The molecule has 0 saturated carbocycles. The van der Waals surface area contributed by atoms with Gasteiger partial charge in [-0.25, -0.2) is 13.8 Å². The van der Waals surface area contributed by atoms with E-state index in [1.807, 2.05) is 30.3 Å². The molecule has 1 aliphatic rings. The monoisotopic (exact) mass is 346 g/mol. The van der Waals surface area contributed by atoms with E-state index in [1.54, 1.807) is 11.1 Å². The molecule has 24 heavy (non-hydrogen) atoms. The largest absolute Gasteiger partial charge is 0.269 e. The molecule has 8 nitrogen and oxygen atoms in total. The second kappa shape index (κ2) is 6.30. The Morgan fingerprint density at radius 1 is 1.08 bits per heavy atom. The average Bonchev–Trinajstić information content (AvgIpc) is 3.03. The van der Waals surface area contributed by atoms with Gasteiger partial charge >= 0.3 is 0 Å². The summed E-state index contributed by atoms with van der Waals surface area (Å²) in [5, 5.41) is 12.3. The molecule has 2 aromatic carbocycles. The maximum Gasteiger partial charge on any atom is 0.269 e. The Morgan fingerprint density at radius 3 is 2.38 bits per heavy atom. The van der Waals surface area contributed by atoms with Crippen molar-refractivity contribution >= 4 is 21.4 Å². The third-order valence-corrected chi connectivity index (χ3v) is 4.77. The molecule has 0 saturated heterocycles. The molecule has 0 bridgehead atoms. The van der Waals surface area contributed by atoms with Gasteiger partial charge in [0, 0.05) is 18.7 Å². The van der Waals surface area contributed by atoms with Crippen LogP contribution in [0.4, 0.5) is 11.4 Å². The second-order valence-electron chi connectivity index (χ2n) is 4.98. The van der Waals surface area contributed by atoms with Gasteiger partial charge in [-0.2, -0.15) is 0 Å². The molecule has 0 radical (unpaired) electrons. The summed E-state index contributed by atoms with van der Waals surface area (Å²) in [5.41, 5.74) is 3.67. The van der Waals surface area contributed by atoms with Crippen LogP contribution in [0.2, 0.25) is 0 Å². The summed E-state index contributed by atoms with van der Waals surface area (Å²) in [7, 11) is -3.85. The Labute approximate surface area is 138 Å². The number of non-ortho nitro benzene ring substituents is 1. The normalized spacial score (nSPS) is 14.3. The van der Waals surface area contributed by atoms with Crippen molar-refractivity contribution in [2.45, 2.75) is 4.90 Å². The molecule has 3 rings (SSSR count). The van der Waals surface area contributed by atoms with E-state index in [1.165, 1.54) is 12.1 Å². The SMILES string of the molecule is O=[N+]([O-])c1ccc(S(=O)(=O)NC2=CCNN2c2ccccc2)cc1. The number of nitrogens with zero attached hydrogens (tertiary/aromatic N) is 2. The molecular weight excluding hydrogens is 332 g/mol. The number of hydrazine groups is 1. The molecule has 0 amide bonds. The van der Waals surface area contributed by atoms with E-state index in [-0.39, 0.29) is 10.6 Å². The average molecular weight is 346 g/mol. The topological polar surface area (TPSA) is 105 Å². The predicted octanol–water partition coefficient (Wildman–Crippen LogP) is 1.74. The molecule has 0 unspecified atom stereocenters. The van der Waals surface area contributed by atoms with E-state index in [2.05, 4.69) is 10.1 Å². The third-order valence-electron chi connectivity index (χ3n) is 3.40.